The Bertz CT molecular complexity index is 916. The molecule has 2 amide bonds. The highest BCUT2D eigenvalue weighted by Gasteiger charge is 2.36. The van der Waals surface area contributed by atoms with Gasteiger partial charge in [0, 0.05) is 13.1 Å². The van der Waals surface area contributed by atoms with Crippen molar-refractivity contribution >= 4 is 18.0 Å². The number of ether oxygens (including phenoxy) is 1. The Morgan fingerprint density at radius 2 is 1.53 bits per heavy atom. The van der Waals surface area contributed by atoms with E-state index in [0.717, 1.165) is 22.3 Å². The van der Waals surface area contributed by atoms with Crippen LogP contribution in [0.4, 0.5) is 4.79 Å². The first-order chi connectivity index (χ1) is 14.4. The fraction of sp³-hybridized carbons (Fsp3) is 0.286. The third-order valence-electron chi connectivity index (χ3n) is 4.99. The van der Waals surface area contributed by atoms with Crippen LogP contribution in [-0.2, 0) is 14.3 Å². The van der Waals surface area contributed by atoms with Crippen molar-refractivity contribution in [2.75, 3.05) is 20.2 Å². The summed E-state index contributed by atoms with van der Waals surface area (Å²) in [5, 5.41) is 29.9. The standard InChI is InChI=1S/C21H22N2O7/c1-30-21(29)23(11-10-22-19(26)17(24)18(25)20(27)28)16-14-8-4-2-6-12(14)13-7-3-5-9-15(13)16/h2-9,16-18,24-25H,10-11H2,1H3,(H,22,26)(H,27,28). The predicted molar refractivity (Wildman–Crippen MR) is 105 cm³/mol. The number of benzene rings is 2. The molecule has 30 heavy (non-hydrogen) atoms. The van der Waals surface area contributed by atoms with Crippen LogP contribution in [0.3, 0.4) is 0 Å². The summed E-state index contributed by atoms with van der Waals surface area (Å²) in [6.45, 7) is -0.0558. The molecule has 2 aromatic carbocycles. The largest absolute Gasteiger partial charge is 0.479 e. The van der Waals surface area contributed by atoms with E-state index in [1.807, 2.05) is 48.5 Å². The molecule has 0 bridgehead atoms. The number of amides is 2. The van der Waals surface area contributed by atoms with Gasteiger partial charge in [-0.3, -0.25) is 9.69 Å². The second-order valence-corrected chi connectivity index (χ2v) is 6.76. The predicted octanol–water partition coefficient (Wildman–Crippen LogP) is 0.747. The number of carboxylic acids is 1. The maximum atomic E-state index is 12.5. The van der Waals surface area contributed by atoms with Crippen LogP contribution < -0.4 is 5.32 Å². The van der Waals surface area contributed by atoms with Crippen molar-refractivity contribution in [2.45, 2.75) is 18.2 Å². The molecule has 158 valence electrons. The molecule has 0 heterocycles. The van der Waals surface area contributed by atoms with E-state index in [9.17, 15) is 24.6 Å². The summed E-state index contributed by atoms with van der Waals surface area (Å²) in [6, 6.07) is 14.9. The van der Waals surface area contributed by atoms with Gasteiger partial charge in [0.25, 0.3) is 5.91 Å². The van der Waals surface area contributed by atoms with Gasteiger partial charge >= 0.3 is 12.1 Å². The van der Waals surface area contributed by atoms with Gasteiger partial charge in [0.05, 0.1) is 13.2 Å². The van der Waals surface area contributed by atoms with E-state index in [0.29, 0.717) is 0 Å². The number of carboxylic acid groups (broad SMARTS) is 1. The van der Waals surface area contributed by atoms with Crippen LogP contribution in [0.15, 0.2) is 48.5 Å². The minimum atomic E-state index is -2.24. The van der Waals surface area contributed by atoms with E-state index in [2.05, 4.69) is 5.32 Å². The molecule has 2 atom stereocenters. The molecular weight excluding hydrogens is 392 g/mol. The number of aliphatic hydroxyl groups is 2. The first-order valence-electron chi connectivity index (χ1n) is 9.26. The molecule has 2 unspecified atom stereocenters. The third-order valence-corrected chi connectivity index (χ3v) is 4.99. The summed E-state index contributed by atoms with van der Waals surface area (Å²) in [5.41, 5.74) is 3.82. The van der Waals surface area contributed by atoms with E-state index in [-0.39, 0.29) is 13.1 Å². The number of carbonyl (C=O) groups is 3. The lowest BCUT2D eigenvalue weighted by atomic mass is 10.0. The SMILES string of the molecule is COC(=O)N(CCNC(=O)C(O)C(O)C(=O)O)C1c2ccccc2-c2ccccc21. The van der Waals surface area contributed by atoms with Gasteiger partial charge in [-0.2, -0.15) is 0 Å². The average molecular weight is 414 g/mol. The highest BCUT2D eigenvalue weighted by atomic mass is 16.5. The number of hydrogen-bond acceptors (Lipinski definition) is 6. The van der Waals surface area contributed by atoms with Crippen molar-refractivity contribution in [1.82, 2.24) is 10.2 Å². The Morgan fingerprint density at radius 3 is 2.03 bits per heavy atom. The van der Waals surface area contributed by atoms with E-state index in [1.165, 1.54) is 12.0 Å². The number of hydrogen-bond donors (Lipinski definition) is 4. The van der Waals surface area contributed by atoms with Gasteiger partial charge in [-0.15, -0.1) is 0 Å². The van der Waals surface area contributed by atoms with Crippen LogP contribution in [0.25, 0.3) is 11.1 Å². The lowest BCUT2D eigenvalue weighted by Crippen LogP contribution is -2.48. The van der Waals surface area contributed by atoms with Crippen molar-refractivity contribution in [1.29, 1.82) is 0 Å². The average Bonchev–Trinajstić information content (AvgIpc) is 3.09. The van der Waals surface area contributed by atoms with Crippen LogP contribution in [0.1, 0.15) is 17.2 Å². The maximum Gasteiger partial charge on any atom is 0.410 e. The molecule has 2 aromatic rings. The monoisotopic (exact) mass is 414 g/mol. The molecule has 9 nitrogen and oxygen atoms in total. The second kappa shape index (κ2) is 8.93. The van der Waals surface area contributed by atoms with Gasteiger partial charge in [0.15, 0.2) is 12.2 Å². The molecule has 0 saturated heterocycles. The Balaban J connectivity index is 1.80. The summed E-state index contributed by atoms with van der Waals surface area (Å²) >= 11 is 0. The minimum Gasteiger partial charge on any atom is -0.479 e. The first-order valence-corrected chi connectivity index (χ1v) is 9.26. The van der Waals surface area contributed by atoms with Crippen LogP contribution in [-0.4, -0.2) is 70.6 Å². The summed E-state index contributed by atoms with van der Waals surface area (Å²) in [7, 11) is 1.26. The second-order valence-electron chi connectivity index (χ2n) is 6.76. The molecule has 0 aliphatic heterocycles. The number of nitrogens with one attached hydrogen (secondary N) is 1. The van der Waals surface area contributed by atoms with Gasteiger partial charge in [-0.1, -0.05) is 48.5 Å². The smallest absolute Gasteiger partial charge is 0.410 e. The first kappa shape index (κ1) is 21.3. The Hall–Kier alpha value is -3.43. The van der Waals surface area contributed by atoms with E-state index >= 15 is 0 Å². The number of carbonyl (C=O) groups excluding carboxylic acids is 2. The van der Waals surface area contributed by atoms with Crippen molar-refractivity contribution in [3.05, 3.63) is 59.7 Å². The van der Waals surface area contributed by atoms with Crippen LogP contribution in [0.2, 0.25) is 0 Å². The Labute approximate surface area is 172 Å². The molecule has 4 N–H and O–H groups in total. The quantitative estimate of drug-likeness (QED) is 0.525. The zero-order valence-corrected chi connectivity index (χ0v) is 16.2. The molecule has 3 rings (SSSR count). The Morgan fingerprint density at radius 1 is 1.00 bits per heavy atom. The van der Waals surface area contributed by atoms with Gasteiger partial charge in [-0.25, -0.2) is 9.59 Å². The minimum absolute atomic E-state index is 0.0294. The molecule has 9 heteroatoms. The van der Waals surface area contributed by atoms with Gasteiger partial charge in [0.1, 0.15) is 0 Å². The fourth-order valence-electron chi connectivity index (χ4n) is 3.59. The topological polar surface area (TPSA) is 136 Å². The van der Waals surface area contributed by atoms with Crippen molar-refractivity contribution in [2.24, 2.45) is 0 Å². The number of aliphatic hydroxyl groups excluding tert-OH is 2. The fourth-order valence-corrected chi connectivity index (χ4v) is 3.59. The highest BCUT2D eigenvalue weighted by molar-refractivity contribution is 5.87. The van der Waals surface area contributed by atoms with Crippen LogP contribution in [0, 0.1) is 0 Å². The zero-order valence-electron chi connectivity index (χ0n) is 16.2. The summed E-state index contributed by atoms with van der Waals surface area (Å²) in [5.74, 6) is -2.77. The van der Waals surface area contributed by atoms with E-state index < -0.39 is 36.2 Å². The number of nitrogens with zero attached hydrogens (tertiary/aromatic N) is 1. The number of rotatable bonds is 7. The van der Waals surface area contributed by atoms with Crippen LogP contribution in [0.5, 0.6) is 0 Å². The van der Waals surface area contributed by atoms with E-state index in [4.69, 9.17) is 9.84 Å². The van der Waals surface area contributed by atoms with Crippen molar-refractivity contribution in [3.63, 3.8) is 0 Å². The number of methoxy groups -OCH3 is 1. The summed E-state index contributed by atoms with van der Waals surface area (Å²) in [4.78, 5) is 36.6. The Kier molecular flexibility index (Phi) is 6.34. The van der Waals surface area contributed by atoms with Crippen molar-refractivity contribution in [3.8, 4) is 11.1 Å². The molecule has 0 aromatic heterocycles. The molecule has 1 aliphatic rings. The van der Waals surface area contributed by atoms with Crippen molar-refractivity contribution < 1.29 is 34.4 Å². The molecule has 0 spiro atoms. The molecule has 0 saturated carbocycles. The van der Waals surface area contributed by atoms with Crippen LogP contribution >= 0.6 is 0 Å². The van der Waals surface area contributed by atoms with Gasteiger partial charge in [0.2, 0.25) is 0 Å². The highest BCUT2D eigenvalue weighted by Crippen LogP contribution is 2.46. The lowest BCUT2D eigenvalue weighted by molar-refractivity contribution is -0.158. The number of fused-ring (bicyclic) bond motifs is 3. The molecule has 0 radical (unpaired) electrons. The third kappa shape index (κ3) is 3.98. The van der Waals surface area contributed by atoms with Gasteiger partial charge < -0.3 is 25.4 Å². The lowest BCUT2D eigenvalue weighted by Gasteiger charge is -2.29. The summed E-state index contributed by atoms with van der Waals surface area (Å²) in [6.07, 6.45) is -4.97. The number of aliphatic carboxylic acids is 1. The maximum absolute atomic E-state index is 12.5. The summed E-state index contributed by atoms with van der Waals surface area (Å²) < 4.78 is 4.94. The molecule has 1 aliphatic carbocycles. The zero-order chi connectivity index (χ0) is 21.8. The van der Waals surface area contributed by atoms with Gasteiger partial charge in [-0.05, 0) is 22.3 Å². The normalized spacial score (nSPS) is 14.2. The van der Waals surface area contributed by atoms with E-state index in [1.54, 1.807) is 0 Å². The molecule has 0 fully saturated rings. The molecular formula is C21H22N2O7.